The third-order valence-corrected chi connectivity index (χ3v) is 4.97. The van der Waals surface area contributed by atoms with Crippen LogP contribution in [0.15, 0.2) is 36.4 Å². The first-order chi connectivity index (χ1) is 12.7. The van der Waals surface area contributed by atoms with E-state index < -0.39 is 0 Å². The maximum atomic E-state index is 6.26. The fourth-order valence-electron chi connectivity index (χ4n) is 3.22. The number of benzene rings is 2. The van der Waals surface area contributed by atoms with Crippen LogP contribution in [0.4, 0.5) is 11.9 Å². The normalized spacial score (nSPS) is 15.5. The zero-order chi connectivity index (χ0) is 17.9. The number of nitrogens with zero attached hydrogens (tertiary/aromatic N) is 4. The lowest BCUT2D eigenvalue weighted by atomic mass is 10.1. The van der Waals surface area contributed by atoms with Crippen molar-refractivity contribution in [2.24, 2.45) is 0 Å². The molecule has 136 valence electrons. The number of nitrogens with one attached hydrogen (secondary N) is 1. The molecule has 1 saturated heterocycles. The average Bonchev–Trinajstić information content (AvgIpc) is 3.11. The minimum atomic E-state index is 0.353. The van der Waals surface area contributed by atoms with E-state index in [9.17, 15) is 0 Å². The molecule has 0 radical (unpaired) electrons. The van der Waals surface area contributed by atoms with E-state index in [-0.39, 0.29) is 0 Å². The van der Waals surface area contributed by atoms with E-state index in [0.717, 1.165) is 54.3 Å². The fourth-order valence-corrected chi connectivity index (χ4v) is 3.45. The maximum absolute atomic E-state index is 6.26. The molecular formula is C18H21ClN6O. The molecule has 4 rings (SSSR count). The molecule has 0 unspecified atom stereocenters. The van der Waals surface area contributed by atoms with Gasteiger partial charge in [0.15, 0.2) is 0 Å². The predicted octanol–water partition coefficient (Wildman–Crippen LogP) is 2.39. The van der Waals surface area contributed by atoms with Gasteiger partial charge in [0, 0.05) is 48.5 Å². The van der Waals surface area contributed by atoms with Gasteiger partial charge in [-0.3, -0.25) is 4.90 Å². The average molecular weight is 373 g/mol. The van der Waals surface area contributed by atoms with Crippen LogP contribution >= 0.6 is 11.6 Å². The van der Waals surface area contributed by atoms with E-state index >= 15 is 0 Å². The molecule has 0 saturated carbocycles. The van der Waals surface area contributed by atoms with Crippen molar-refractivity contribution in [1.82, 2.24) is 20.1 Å². The second-order valence-corrected chi connectivity index (χ2v) is 6.70. The second-order valence-electron chi connectivity index (χ2n) is 6.29. The molecule has 7 nitrogen and oxygen atoms in total. The molecule has 1 aliphatic heterocycles. The third kappa shape index (κ3) is 3.54. The highest BCUT2D eigenvalue weighted by atomic mass is 35.5. The van der Waals surface area contributed by atoms with Crippen LogP contribution in [0.5, 0.6) is 5.75 Å². The number of nitrogens with two attached hydrogens (primary N) is 1. The predicted molar refractivity (Wildman–Crippen MR) is 104 cm³/mol. The molecule has 2 heterocycles. The highest BCUT2D eigenvalue weighted by molar-refractivity contribution is 6.35. The molecular weight excluding hydrogens is 352 g/mol. The number of nitrogen functional groups attached to an aromatic ring is 1. The van der Waals surface area contributed by atoms with Crippen LogP contribution in [0.3, 0.4) is 0 Å². The number of aromatic amines is 1. The first-order valence-corrected chi connectivity index (χ1v) is 9.04. The van der Waals surface area contributed by atoms with Gasteiger partial charge >= 0.3 is 0 Å². The van der Waals surface area contributed by atoms with Crippen molar-refractivity contribution in [2.75, 3.05) is 50.0 Å². The number of ether oxygens (including phenoxy) is 1. The van der Waals surface area contributed by atoms with E-state index in [4.69, 9.17) is 22.1 Å². The minimum Gasteiger partial charge on any atom is -0.492 e. The standard InChI is InChI=1S/C18H21ClN6O/c19-15-5-6-16(14-4-2-1-3-13(14)15)26-12-11-24-7-9-25(10-8-24)18-21-17(20)22-23-18/h1-6H,7-12H2,(H3,20,21,22,23). The molecule has 26 heavy (non-hydrogen) atoms. The van der Waals surface area contributed by atoms with Gasteiger partial charge in [0.25, 0.3) is 0 Å². The Morgan fingerprint density at radius 2 is 1.85 bits per heavy atom. The van der Waals surface area contributed by atoms with Gasteiger partial charge in [0.2, 0.25) is 11.9 Å². The van der Waals surface area contributed by atoms with Crippen LogP contribution in [0.2, 0.25) is 5.02 Å². The Kier molecular flexibility index (Phi) is 4.81. The minimum absolute atomic E-state index is 0.353. The number of H-pyrrole nitrogens is 1. The molecule has 1 aliphatic rings. The lowest BCUT2D eigenvalue weighted by Crippen LogP contribution is -2.47. The van der Waals surface area contributed by atoms with Gasteiger partial charge in [-0.1, -0.05) is 35.9 Å². The van der Waals surface area contributed by atoms with Crippen LogP contribution in [0.25, 0.3) is 10.8 Å². The number of hydrogen-bond donors (Lipinski definition) is 2. The molecule has 3 N–H and O–H groups in total. The topological polar surface area (TPSA) is 83.3 Å². The second kappa shape index (κ2) is 7.39. The summed E-state index contributed by atoms with van der Waals surface area (Å²) in [5, 5.41) is 9.61. The number of rotatable bonds is 5. The van der Waals surface area contributed by atoms with Crippen molar-refractivity contribution in [3.05, 3.63) is 41.4 Å². The number of piperazine rings is 1. The van der Waals surface area contributed by atoms with Crippen molar-refractivity contribution >= 4 is 34.3 Å². The molecule has 0 atom stereocenters. The van der Waals surface area contributed by atoms with Gasteiger partial charge in [-0.05, 0) is 12.1 Å². The quantitative estimate of drug-likeness (QED) is 0.715. The summed E-state index contributed by atoms with van der Waals surface area (Å²) in [6, 6.07) is 11.9. The van der Waals surface area contributed by atoms with Gasteiger partial charge in [0.1, 0.15) is 12.4 Å². The summed E-state index contributed by atoms with van der Waals surface area (Å²) in [6.07, 6.45) is 0. The van der Waals surface area contributed by atoms with Crippen LogP contribution in [-0.4, -0.2) is 59.4 Å². The van der Waals surface area contributed by atoms with Gasteiger partial charge in [0.05, 0.1) is 0 Å². The van der Waals surface area contributed by atoms with Crippen LogP contribution in [0.1, 0.15) is 0 Å². The Morgan fingerprint density at radius 3 is 2.58 bits per heavy atom. The van der Waals surface area contributed by atoms with E-state index in [1.165, 1.54) is 0 Å². The third-order valence-electron chi connectivity index (χ3n) is 4.64. The molecule has 1 aromatic heterocycles. The first-order valence-electron chi connectivity index (χ1n) is 8.66. The van der Waals surface area contributed by atoms with E-state index in [1.807, 2.05) is 36.4 Å². The molecule has 0 spiro atoms. The van der Waals surface area contributed by atoms with E-state index in [1.54, 1.807) is 0 Å². The fraction of sp³-hybridized carbons (Fsp3) is 0.333. The summed E-state index contributed by atoms with van der Waals surface area (Å²) in [5.74, 6) is 1.90. The molecule has 0 aliphatic carbocycles. The summed E-state index contributed by atoms with van der Waals surface area (Å²) in [4.78, 5) is 8.70. The summed E-state index contributed by atoms with van der Waals surface area (Å²) in [7, 11) is 0. The summed E-state index contributed by atoms with van der Waals surface area (Å²) >= 11 is 6.26. The zero-order valence-electron chi connectivity index (χ0n) is 14.4. The van der Waals surface area contributed by atoms with E-state index in [2.05, 4.69) is 25.0 Å². The van der Waals surface area contributed by atoms with Gasteiger partial charge in [-0.15, -0.1) is 5.10 Å². The van der Waals surface area contributed by atoms with Crippen molar-refractivity contribution in [3.8, 4) is 5.75 Å². The Bertz CT molecular complexity index is 890. The number of hydrogen-bond acceptors (Lipinski definition) is 6. The lowest BCUT2D eigenvalue weighted by molar-refractivity contribution is 0.201. The van der Waals surface area contributed by atoms with Gasteiger partial charge in [-0.2, -0.15) is 4.98 Å². The maximum Gasteiger partial charge on any atom is 0.246 e. The Balaban J connectivity index is 1.30. The Hall–Kier alpha value is -2.51. The van der Waals surface area contributed by atoms with Crippen molar-refractivity contribution in [2.45, 2.75) is 0 Å². The molecule has 2 aromatic carbocycles. The van der Waals surface area contributed by atoms with Crippen LogP contribution < -0.4 is 15.4 Å². The van der Waals surface area contributed by atoms with Gasteiger partial charge < -0.3 is 15.4 Å². The molecule has 8 heteroatoms. The van der Waals surface area contributed by atoms with Crippen LogP contribution in [-0.2, 0) is 0 Å². The van der Waals surface area contributed by atoms with Crippen molar-refractivity contribution in [1.29, 1.82) is 0 Å². The number of aromatic nitrogens is 3. The first kappa shape index (κ1) is 16.9. The van der Waals surface area contributed by atoms with Crippen molar-refractivity contribution in [3.63, 3.8) is 0 Å². The van der Waals surface area contributed by atoms with Gasteiger partial charge in [-0.25, -0.2) is 5.10 Å². The monoisotopic (exact) mass is 372 g/mol. The molecule has 3 aromatic rings. The number of halogens is 1. The summed E-state index contributed by atoms with van der Waals surface area (Å²) < 4.78 is 6.03. The lowest BCUT2D eigenvalue weighted by Gasteiger charge is -2.33. The summed E-state index contributed by atoms with van der Waals surface area (Å²) in [5.41, 5.74) is 5.59. The highest BCUT2D eigenvalue weighted by Gasteiger charge is 2.19. The van der Waals surface area contributed by atoms with E-state index in [0.29, 0.717) is 18.5 Å². The SMILES string of the molecule is Nc1nc(N2CCN(CCOc3ccc(Cl)c4ccccc34)CC2)n[nH]1. The Labute approximate surface area is 156 Å². The zero-order valence-corrected chi connectivity index (χ0v) is 15.1. The largest absolute Gasteiger partial charge is 0.492 e. The van der Waals surface area contributed by atoms with Crippen LogP contribution in [0, 0.1) is 0 Å². The molecule has 0 amide bonds. The number of fused-ring (bicyclic) bond motifs is 1. The summed E-state index contributed by atoms with van der Waals surface area (Å²) in [6.45, 7) is 5.15. The molecule has 0 bridgehead atoms. The number of anilines is 2. The van der Waals surface area contributed by atoms with Crippen molar-refractivity contribution < 1.29 is 4.74 Å². The molecule has 1 fully saturated rings. The highest BCUT2D eigenvalue weighted by Crippen LogP contribution is 2.31. The Morgan fingerprint density at radius 1 is 1.08 bits per heavy atom. The smallest absolute Gasteiger partial charge is 0.246 e.